The van der Waals surface area contributed by atoms with E-state index in [4.69, 9.17) is 17.3 Å². The number of nitrogens with one attached hydrogen (secondary N) is 1. The standard InChI is InChI=1S/C14H20ClN3O/c1-10-8-18(7-6-13(10)16)9-14(19)17-12-4-2-11(15)3-5-12/h2-5,10,13H,6-9,16H2,1H3,(H,17,19). The summed E-state index contributed by atoms with van der Waals surface area (Å²) in [5.41, 5.74) is 6.74. The number of benzene rings is 1. The SMILES string of the molecule is CC1CN(CC(=O)Nc2ccc(Cl)cc2)CCC1N. The van der Waals surface area contributed by atoms with E-state index in [2.05, 4.69) is 17.1 Å². The first-order valence-corrected chi connectivity index (χ1v) is 6.96. The van der Waals surface area contributed by atoms with Gasteiger partial charge in [-0.1, -0.05) is 18.5 Å². The molecular weight excluding hydrogens is 262 g/mol. The molecule has 3 N–H and O–H groups in total. The van der Waals surface area contributed by atoms with E-state index in [-0.39, 0.29) is 11.9 Å². The highest BCUT2D eigenvalue weighted by Gasteiger charge is 2.24. The number of halogens is 1. The molecule has 2 atom stereocenters. The molecule has 19 heavy (non-hydrogen) atoms. The van der Waals surface area contributed by atoms with Crippen LogP contribution in [-0.4, -0.2) is 36.5 Å². The van der Waals surface area contributed by atoms with Gasteiger partial charge in [-0.15, -0.1) is 0 Å². The van der Waals surface area contributed by atoms with Crippen molar-refractivity contribution in [2.24, 2.45) is 11.7 Å². The van der Waals surface area contributed by atoms with Gasteiger partial charge in [-0.05, 0) is 36.6 Å². The lowest BCUT2D eigenvalue weighted by Gasteiger charge is -2.34. The number of carbonyl (C=O) groups is 1. The summed E-state index contributed by atoms with van der Waals surface area (Å²) in [7, 11) is 0. The van der Waals surface area contributed by atoms with Gasteiger partial charge >= 0.3 is 0 Å². The first-order valence-electron chi connectivity index (χ1n) is 6.58. The Morgan fingerprint density at radius 3 is 2.79 bits per heavy atom. The maximum absolute atomic E-state index is 11.9. The van der Waals surface area contributed by atoms with Gasteiger partial charge in [0.05, 0.1) is 6.54 Å². The second kappa shape index (κ2) is 6.37. The summed E-state index contributed by atoms with van der Waals surface area (Å²) in [5, 5.41) is 3.54. The Kier molecular flexibility index (Phi) is 4.80. The quantitative estimate of drug-likeness (QED) is 0.890. The van der Waals surface area contributed by atoms with Gasteiger partial charge < -0.3 is 11.1 Å². The van der Waals surface area contributed by atoms with Gasteiger partial charge in [0.2, 0.25) is 5.91 Å². The highest BCUT2D eigenvalue weighted by molar-refractivity contribution is 6.30. The van der Waals surface area contributed by atoms with Gasteiger partial charge in [0.25, 0.3) is 0 Å². The van der Waals surface area contributed by atoms with E-state index >= 15 is 0 Å². The van der Waals surface area contributed by atoms with Gasteiger partial charge in [0.15, 0.2) is 0 Å². The van der Waals surface area contributed by atoms with E-state index in [0.29, 0.717) is 17.5 Å². The number of nitrogens with two attached hydrogens (primary N) is 1. The highest BCUT2D eigenvalue weighted by Crippen LogP contribution is 2.16. The first kappa shape index (κ1) is 14.3. The minimum absolute atomic E-state index is 0.00462. The van der Waals surface area contributed by atoms with Crippen LogP contribution in [0.3, 0.4) is 0 Å². The smallest absolute Gasteiger partial charge is 0.238 e. The maximum Gasteiger partial charge on any atom is 0.238 e. The third kappa shape index (κ3) is 4.20. The van der Waals surface area contributed by atoms with Crippen molar-refractivity contribution in [1.82, 2.24) is 4.90 Å². The number of likely N-dealkylation sites (tertiary alicyclic amines) is 1. The van der Waals surface area contributed by atoms with Crippen molar-refractivity contribution >= 4 is 23.2 Å². The molecule has 1 fully saturated rings. The number of rotatable bonds is 3. The van der Waals surface area contributed by atoms with Crippen LogP contribution in [0.15, 0.2) is 24.3 Å². The van der Waals surface area contributed by atoms with E-state index in [9.17, 15) is 4.79 Å². The topological polar surface area (TPSA) is 58.4 Å². The number of anilines is 1. The van der Waals surface area contributed by atoms with Crippen molar-refractivity contribution in [2.75, 3.05) is 25.0 Å². The molecule has 1 aromatic rings. The van der Waals surface area contributed by atoms with E-state index in [1.807, 2.05) is 0 Å². The third-order valence-corrected chi connectivity index (χ3v) is 3.80. The molecule has 104 valence electrons. The highest BCUT2D eigenvalue weighted by atomic mass is 35.5. The molecule has 1 saturated heterocycles. The fourth-order valence-electron chi connectivity index (χ4n) is 2.33. The van der Waals surface area contributed by atoms with Crippen molar-refractivity contribution in [3.8, 4) is 0 Å². The number of hydrogen-bond acceptors (Lipinski definition) is 3. The molecular formula is C14H20ClN3O. The van der Waals surface area contributed by atoms with Gasteiger partial charge in [0.1, 0.15) is 0 Å². The summed E-state index contributed by atoms with van der Waals surface area (Å²) >= 11 is 5.80. The zero-order valence-electron chi connectivity index (χ0n) is 11.1. The van der Waals surface area contributed by atoms with Crippen LogP contribution in [0.4, 0.5) is 5.69 Å². The van der Waals surface area contributed by atoms with Crippen molar-refractivity contribution in [3.05, 3.63) is 29.3 Å². The summed E-state index contributed by atoms with van der Waals surface area (Å²) in [5.74, 6) is 0.446. The fourth-order valence-corrected chi connectivity index (χ4v) is 2.46. The first-order chi connectivity index (χ1) is 9.04. The molecule has 0 aliphatic carbocycles. The molecule has 0 saturated carbocycles. The Morgan fingerprint density at radius 1 is 1.47 bits per heavy atom. The Bertz CT molecular complexity index is 435. The number of piperidine rings is 1. The second-order valence-electron chi connectivity index (χ2n) is 5.22. The third-order valence-electron chi connectivity index (χ3n) is 3.55. The number of carbonyl (C=O) groups excluding carboxylic acids is 1. The molecule has 1 heterocycles. The molecule has 1 amide bonds. The van der Waals surface area contributed by atoms with Crippen LogP contribution in [0, 0.1) is 5.92 Å². The number of hydrogen-bond donors (Lipinski definition) is 2. The van der Waals surface area contributed by atoms with Crippen LogP contribution in [0.2, 0.25) is 5.02 Å². The largest absolute Gasteiger partial charge is 0.327 e. The normalized spacial score (nSPS) is 24.2. The molecule has 2 unspecified atom stereocenters. The van der Waals surface area contributed by atoms with Crippen LogP contribution >= 0.6 is 11.6 Å². The lowest BCUT2D eigenvalue weighted by molar-refractivity contribution is -0.117. The van der Waals surface area contributed by atoms with Crippen molar-refractivity contribution in [1.29, 1.82) is 0 Å². The van der Waals surface area contributed by atoms with Crippen molar-refractivity contribution in [3.63, 3.8) is 0 Å². The monoisotopic (exact) mass is 281 g/mol. The minimum Gasteiger partial charge on any atom is -0.327 e. The number of nitrogens with zero attached hydrogens (tertiary/aromatic N) is 1. The second-order valence-corrected chi connectivity index (χ2v) is 5.66. The molecule has 1 aliphatic heterocycles. The van der Waals surface area contributed by atoms with Gasteiger partial charge in [-0.3, -0.25) is 9.69 Å². The Morgan fingerprint density at radius 2 is 2.16 bits per heavy atom. The molecule has 0 bridgehead atoms. The van der Waals surface area contributed by atoms with Crippen LogP contribution in [0.25, 0.3) is 0 Å². The predicted molar refractivity (Wildman–Crippen MR) is 78.3 cm³/mol. The van der Waals surface area contributed by atoms with Crippen LogP contribution in [0.5, 0.6) is 0 Å². The molecule has 5 heteroatoms. The van der Waals surface area contributed by atoms with Gasteiger partial charge in [-0.25, -0.2) is 0 Å². The number of amides is 1. The van der Waals surface area contributed by atoms with Crippen LogP contribution < -0.4 is 11.1 Å². The van der Waals surface area contributed by atoms with E-state index in [1.165, 1.54) is 0 Å². The average molecular weight is 282 g/mol. The Balaban J connectivity index is 1.83. The van der Waals surface area contributed by atoms with Crippen molar-refractivity contribution < 1.29 is 4.79 Å². The Hall–Kier alpha value is -1.10. The molecule has 2 rings (SSSR count). The van der Waals surface area contributed by atoms with E-state index in [0.717, 1.165) is 25.2 Å². The fraction of sp³-hybridized carbons (Fsp3) is 0.500. The van der Waals surface area contributed by atoms with Gasteiger partial charge in [0, 0.05) is 29.8 Å². The molecule has 1 aliphatic rings. The van der Waals surface area contributed by atoms with Gasteiger partial charge in [-0.2, -0.15) is 0 Å². The molecule has 0 radical (unpaired) electrons. The minimum atomic E-state index is 0.00462. The summed E-state index contributed by atoms with van der Waals surface area (Å²) in [6.07, 6.45) is 0.954. The molecule has 0 aromatic heterocycles. The summed E-state index contributed by atoms with van der Waals surface area (Å²) in [4.78, 5) is 14.1. The molecule has 4 nitrogen and oxygen atoms in total. The van der Waals surface area contributed by atoms with E-state index < -0.39 is 0 Å². The van der Waals surface area contributed by atoms with Crippen molar-refractivity contribution in [2.45, 2.75) is 19.4 Å². The molecule has 1 aromatic carbocycles. The zero-order valence-corrected chi connectivity index (χ0v) is 11.9. The van der Waals surface area contributed by atoms with E-state index in [1.54, 1.807) is 24.3 Å². The van der Waals surface area contributed by atoms with Crippen LogP contribution in [0.1, 0.15) is 13.3 Å². The summed E-state index contributed by atoms with van der Waals surface area (Å²) in [6, 6.07) is 7.39. The van der Waals surface area contributed by atoms with Crippen LogP contribution in [-0.2, 0) is 4.79 Å². The zero-order chi connectivity index (χ0) is 13.8. The lowest BCUT2D eigenvalue weighted by Crippen LogP contribution is -2.48. The molecule has 0 spiro atoms. The maximum atomic E-state index is 11.9. The summed E-state index contributed by atoms with van der Waals surface area (Å²) in [6.45, 7) is 4.32. The average Bonchev–Trinajstić information content (AvgIpc) is 2.37. The summed E-state index contributed by atoms with van der Waals surface area (Å²) < 4.78 is 0. The lowest BCUT2D eigenvalue weighted by atomic mass is 9.95. The predicted octanol–water partition coefficient (Wildman–Crippen LogP) is 1.95. The Labute approximate surface area is 118 Å².